The number of piperidine rings is 2. The van der Waals surface area contributed by atoms with Crippen LogP contribution in [0.4, 0.5) is 5.13 Å². The Morgan fingerprint density at radius 1 is 1.19 bits per heavy atom. The lowest BCUT2D eigenvalue weighted by Crippen LogP contribution is -2.59. The van der Waals surface area contributed by atoms with E-state index in [1.54, 1.807) is 4.31 Å². The minimum absolute atomic E-state index is 0.00214. The topological polar surface area (TPSA) is 91.8 Å². The summed E-state index contributed by atoms with van der Waals surface area (Å²) in [6.45, 7) is 13.1. The van der Waals surface area contributed by atoms with Gasteiger partial charge in [0.15, 0.2) is 5.13 Å². The summed E-state index contributed by atoms with van der Waals surface area (Å²) < 4.78 is 34.7. The fourth-order valence-electron chi connectivity index (χ4n) is 5.45. The lowest BCUT2D eigenvalue weighted by Gasteiger charge is -2.53. The molecule has 1 aromatic heterocycles. The van der Waals surface area contributed by atoms with Gasteiger partial charge >= 0.3 is 0 Å². The number of likely N-dealkylation sites (tertiary alicyclic amines) is 1. The number of aromatic nitrogens is 1. The van der Waals surface area contributed by atoms with Crippen LogP contribution in [0.1, 0.15) is 60.3 Å². The molecule has 0 radical (unpaired) electrons. The summed E-state index contributed by atoms with van der Waals surface area (Å²) in [5, 5.41) is 3.55. The average Bonchev–Trinajstić information content (AvgIpc) is 3.18. The van der Waals surface area contributed by atoms with Gasteiger partial charge in [-0.1, -0.05) is 25.2 Å². The molecule has 0 atom stereocenters. The van der Waals surface area contributed by atoms with Crippen molar-refractivity contribution in [1.29, 1.82) is 0 Å². The maximum absolute atomic E-state index is 13.2. The van der Waals surface area contributed by atoms with Gasteiger partial charge in [0.1, 0.15) is 5.75 Å². The molecule has 1 spiro atoms. The van der Waals surface area contributed by atoms with Gasteiger partial charge in [0.2, 0.25) is 15.9 Å². The number of amides is 1. The highest BCUT2D eigenvalue weighted by Gasteiger charge is 2.48. The summed E-state index contributed by atoms with van der Waals surface area (Å²) in [4.78, 5) is 19.5. The average molecular weight is 537 g/mol. The van der Waals surface area contributed by atoms with Crippen molar-refractivity contribution in [2.75, 3.05) is 43.9 Å². The van der Waals surface area contributed by atoms with Gasteiger partial charge in [-0.3, -0.25) is 9.69 Å². The number of sulfonamides is 1. The molecule has 2 saturated heterocycles. The highest BCUT2D eigenvalue weighted by molar-refractivity contribution is 7.89. The van der Waals surface area contributed by atoms with Gasteiger partial charge < -0.3 is 10.1 Å². The number of hydrogen-bond acceptors (Lipinski definition) is 7. The normalized spacial score (nSPS) is 20.7. The summed E-state index contributed by atoms with van der Waals surface area (Å²) in [5.74, 6) is 1.03. The lowest BCUT2D eigenvalue weighted by molar-refractivity contribution is -0.118. The van der Waals surface area contributed by atoms with Crippen molar-refractivity contribution in [3.8, 4) is 5.75 Å². The number of benzene rings is 1. The van der Waals surface area contributed by atoms with Crippen molar-refractivity contribution in [3.63, 3.8) is 0 Å². The Hall–Kier alpha value is -1.75. The molecule has 0 saturated carbocycles. The Morgan fingerprint density at radius 3 is 2.58 bits per heavy atom. The number of carbonyl (C=O) groups is 1. The van der Waals surface area contributed by atoms with Gasteiger partial charge in [-0.2, -0.15) is 4.31 Å². The number of hydrogen-bond donors (Lipinski definition) is 1. The van der Waals surface area contributed by atoms with Crippen LogP contribution in [0.5, 0.6) is 5.75 Å². The molecule has 200 valence electrons. The van der Waals surface area contributed by atoms with Crippen molar-refractivity contribution in [1.82, 2.24) is 14.2 Å². The third-order valence-corrected chi connectivity index (χ3v) is 10.8. The van der Waals surface area contributed by atoms with Crippen LogP contribution in [-0.2, 0) is 14.8 Å². The van der Waals surface area contributed by atoms with Crippen LogP contribution >= 0.6 is 11.3 Å². The summed E-state index contributed by atoms with van der Waals surface area (Å²) in [6.07, 6.45) is 3.72. The minimum atomic E-state index is -3.31. The van der Waals surface area contributed by atoms with E-state index in [0.29, 0.717) is 24.8 Å². The molecule has 36 heavy (non-hydrogen) atoms. The predicted molar refractivity (Wildman–Crippen MR) is 146 cm³/mol. The molecule has 2 aliphatic heterocycles. The summed E-state index contributed by atoms with van der Waals surface area (Å²) in [5.41, 5.74) is 0.491. The highest BCUT2D eigenvalue weighted by Crippen LogP contribution is 2.46. The van der Waals surface area contributed by atoms with Crippen LogP contribution in [0.2, 0.25) is 0 Å². The first-order chi connectivity index (χ1) is 16.9. The zero-order valence-electron chi connectivity index (χ0n) is 22.2. The first-order valence-corrected chi connectivity index (χ1v) is 15.4. The molecule has 1 amide bonds. The zero-order valence-corrected chi connectivity index (χ0v) is 23.8. The molecule has 4 rings (SSSR count). The smallest absolute Gasteiger partial charge is 0.240 e. The Morgan fingerprint density at radius 2 is 1.92 bits per heavy atom. The SMILES string of the molecule is CCOc1ccc2nc(NC(=O)CN3CCC4(CC3)CCC(C)(C)N(S(=O)(=O)CC(C)C)C4)sc2c1. The fourth-order valence-corrected chi connectivity index (χ4v) is 8.70. The van der Waals surface area contributed by atoms with Crippen molar-refractivity contribution in [2.24, 2.45) is 11.3 Å². The van der Waals surface area contributed by atoms with E-state index in [1.165, 1.54) is 11.3 Å². The molecular formula is C26H40N4O4S2. The third kappa shape index (κ3) is 6.20. The van der Waals surface area contributed by atoms with E-state index in [9.17, 15) is 13.2 Å². The van der Waals surface area contributed by atoms with Crippen molar-refractivity contribution >= 4 is 42.6 Å². The van der Waals surface area contributed by atoms with E-state index in [0.717, 1.165) is 54.7 Å². The maximum Gasteiger partial charge on any atom is 0.240 e. The van der Waals surface area contributed by atoms with E-state index in [-0.39, 0.29) is 28.5 Å². The molecule has 1 N–H and O–H groups in total. The second-order valence-electron chi connectivity index (χ2n) is 11.4. The molecule has 8 nitrogen and oxygen atoms in total. The first kappa shape index (κ1) is 27.3. The molecule has 2 aromatic rings. The number of ether oxygens (including phenoxy) is 1. The van der Waals surface area contributed by atoms with E-state index in [2.05, 4.69) is 29.0 Å². The number of thiazole rings is 1. The lowest BCUT2D eigenvalue weighted by atomic mass is 9.69. The van der Waals surface area contributed by atoms with Crippen LogP contribution < -0.4 is 10.1 Å². The van der Waals surface area contributed by atoms with Gasteiger partial charge in [-0.05, 0) is 89.1 Å². The quantitative estimate of drug-likeness (QED) is 0.531. The number of nitrogens with zero attached hydrogens (tertiary/aromatic N) is 3. The maximum atomic E-state index is 13.2. The van der Waals surface area contributed by atoms with Crippen LogP contribution in [0.25, 0.3) is 10.2 Å². The van der Waals surface area contributed by atoms with E-state index >= 15 is 0 Å². The molecule has 3 heterocycles. The van der Waals surface area contributed by atoms with E-state index in [1.807, 2.05) is 39.0 Å². The molecule has 2 aliphatic rings. The number of carbonyl (C=O) groups excluding carboxylic acids is 1. The van der Waals surface area contributed by atoms with Crippen LogP contribution in [0, 0.1) is 11.3 Å². The van der Waals surface area contributed by atoms with Gasteiger partial charge in [-0.15, -0.1) is 0 Å². The van der Waals surface area contributed by atoms with Crippen LogP contribution in [0.3, 0.4) is 0 Å². The van der Waals surface area contributed by atoms with Crippen LogP contribution in [0.15, 0.2) is 18.2 Å². The Labute approximate surface area is 219 Å². The summed E-state index contributed by atoms with van der Waals surface area (Å²) in [7, 11) is -3.31. The number of rotatable bonds is 8. The largest absolute Gasteiger partial charge is 0.494 e. The summed E-state index contributed by atoms with van der Waals surface area (Å²) in [6, 6.07) is 5.75. The molecule has 1 aromatic carbocycles. The monoisotopic (exact) mass is 536 g/mol. The number of fused-ring (bicyclic) bond motifs is 1. The molecule has 0 bridgehead atoms. The molecule has 0 unspecified atom stereocenters. The standard InChI is InChI=1S/C26H40N4O4S2/c1-6-34-20-7-8-21-22(15-20)35-24(27-21)28-23(31)16-29-13-11-26(12-14-29)10-9-25(4,5)30(18-26)36(32,33)17-19(2)3/h7-8,15,19H,6,9-14,16-18H2,1-5H3,(H,27,28,31). The highest BCUT2D eigenvalue weighted by atomic mass is 32.2. The fraction of sp³-hybridized carbons (Fsp3) is 0.692. The van der Waals surface area contributed by atoms with Crippen molar-refractivity contribution < 1.29 is 17.9 Å². The zero-order chi connectivity index (χ0) is 26.1. The molecule has 2 fully saturated rings. The first-order valence-electron chi connectivity index (χ1n) is 13.0. The molecule has 0 aliphatic carbocycles. The number of nitrogens with one attached hydrogen (secondary N) is 1. The Kier molecular flexibility index (Phi) is 8.00. The van der Waals surface area contributed by atoms with E-state index < -0.39 is 10.0 Å². The van der Waals surface area contributed by atoms with Crippen molar-refractivity contribution in [2.45, 2.75) is 65.8 Å². The van der Waals surface area contributed by atoms with Crippen molar-refractivity contribution in [3.05, 3.63) is 18.2 Å². The van der Waals surface area contributed by atoms with Gasteiger partial charge in [0, 0.05) is 12.1 Å². The van der Waals surface area contributed by atoms with Gasteiger partial charge in [-0.25, -0.2) is 13.4 Å². The summed E-state index contributed by atoms with van der Waals surface area (Å²) >= 11 is 1.45. The van der Waals surface area contributed by atoms with Crippen LogP contribution in [-0.4, -0.2) is 72.6 Å². The molecular weight excluding hydrogens is 496 g/mol. The number of anilines is 1. The predicted octanol–water partition coefficient (Wildman–Crippen LogP) is 4.58. The molecule has 10 heteroatoms. The van der Waals surface area contributed by atoms with Gasteiger partial charge in [0.25, 0.3) is 0 Å². The minimum Gasteiger partial charge on any atom is -0.494 e. The van der Waals surface area contributed by atoms with E-state index in [4.69, 9.17) is 4.74 Å². The Bertz CT molecular complexity index is 1180. The Balaban J connectivity index is 1.34. The second kappa shape index (κ2) is 10.6. The second-order valence-corrected chi connectivity index (χ2v) is 14.4. The third-order valence-electron chi connectivity index (χ3n) is 7.50. The van der Waals surface area contributed by atoms with Gasteiger partial charge in [0.05, 0.1) is 29.1 Å².